The molecule has 9 nitrogen and oxygen atoms in total. The maximum Gasteiger partial charge on any atom is 0.350 e. The largest absolute Gasteiger partial charge is 0.465 e. The minimum absolute atomic E-state index is 0.0181. The zero-order valence-electron chi connectivity index (χ0n) is 16.1. The molecule has 0 unspecified atom stereocenters. The van der Waals surface area contributed by atoms with E-state index in [0.29, 0.717) is 4.90 Å². The maximum atomic E-state index is 12.6. The lowest BCUT2D eigenvalue weighted by Gasteiger charge is -2.20. The average molecular weight is 485 g/mol. The summed E-state index contributed by atoms with van der Waals surface area (Å²) in [5, 5.41) is 4.20. The molecule has 0 spiro atoms. The van der Waals surface area contributed by atoms with E-state index in [4.69, 9.17) is 27.9 Å². The van der Waals surface area contributed by atoms with Gasteiger partial charge in [0, 0.05) is 0 Å². The fourth-order valence-corrected chi connectivity index (χ4v) is 3.90. The lowest BCUT2D eigenvalue weighted by atomic mass is 10.1. The number of benzene rings is 1. The Hall–Kier alpha value is -2.95. The number of rotatable bonds is 6. The fourth-order valence-electron chi connectivity index (χ4n) is 2.81. The highest BCUT2D eigenvalue weighted by Crippen LogP contribution is 2.32. The number of nitrogens with zero attached hydrogens (tertiary/aromatic N) is 1. The van der Waals surface area contributed by atoms with Crippen LogP contribution in [0.25, 0.3) is 0 Å². The van der Waals surface area contributed by atoms with E-state index < -0.39 is 42.3 Å². The number of ether oxygens (including phenoxy) is 2. The molecular weight excluding hydrogens is 471 g/mol. The van der Waals surface area contributed by atoms with Gasteiger partial charge in [-0.25, -0.2) is 9.59 Å². The van der Waals surface area contributed by atoms with Crippen LogP contribution in [0.2, 0.25) is 10.0 Å². The van der Waals surface area contributed by atoms with Gasteiger partial charge in [-0.05, 0) is 30.5 Å². The van der Waals surface area contributed by atoms with Crippen molar-refractivity contribution < 1.29 is 33.4 Å². The molecule has 1 aromatic carbocycles. The van der Waals surface area contributed by atoms with Crippen LogP contribution in [0, 0.1) is 0 Å². The van der Waals surface area contributed by atoms with Crippen molar-refractivity contribution in [2.45, 2.75) is 13.0 Å². The van der Waals surface area contributed by atoms with Crippen molar-refractivity contribution in [3.05, 3.63) is 49.6 Å². The third kappa shape index (κ3) is 4.41. The predicted octanol–water partition coefficient (Wildman–Crippen LogP) is 3.01. The minimum Gasteiger partial charge on any atom is -0.465 e. The van der Waals surface area contributed by atoms with Crippen molar-refractivity contribution >= 4 is 69.9 Å². The summed E-state index contributed by atoms with van der Waals surface area (Å²) in [6.45, 7) is 0.597. The maximum absolute atomic E-state index is 12.6. The van der Waals surface area contributed by atoms with Crippen LogP contribution in [0.15, 0.2) is 23.6 Å². The Morgan fingerprint density at radius 3 is 2.26 bits per heavy atom. The van der Waals surface area contributed by atoms with Gasteiger partial charge in [0.05, 0.1) is 34.0 Å². The molecule has 1 aromatic heterocycles. The van der Waals surface area contributed by atoms with Crippen molar-refractivity contribution in [2.24, 2.45) is 0 Å². The van der Waals surface area contributed by atoms with Crippen LogP contribution in [0.4, 0.5) is 5.69 Å². The Morgan fingerprint density at radius 2 is 1.71 bits per heavy atom. The van der Waals surface area contributed by atoms with Gasteiger partial charge >= 0.3 is 11.9 Å². The Kier molecular flexibility index (Phi) is 6.63. The molecule has 0 radical (unpaired) electrons. The number of methoxy groups -OCH3 is 1. The van der Waals surface area contributed by atoms with E-state index >= 15 is 0 Å². The standard InChI is InChI=1S/C19H14Cl2N2O7S/c1-8(23-16(25)9-5-11(20)12(21)6-10(9)17(23)26)18(27)30-7-14(24)22-13-3-4-31-15(13)19(28)29-2/h3-6,8H,7H2,1-2H3,(H,22,24)/t8-/m0/s1. The first-order chi connectivity index (χ1) is 14.6. The summed E-state index contributed by atoms with van der Waals surface area (Å²) in [6.07, 6.45) is 0. The number of hydrogen-bond donors (Lipinski definition) is 1. The summed E-state index contributed by atoms with van der Waals surface area (Å²) >= 11 is 12.9. The quantitative estimate of drug-likeness (QED) is 0.494. The summed E-state index contributed by atoms with van der Waals surface area (Å²) < 4.78 is 9.55. The Balaban J connectivity index is 1.63. The van der Waals surface area contributed by atoms with Gasteiger partial charge < -0.3 is 14.8 Å². The van der Waals surface area contributed by atoms with Crippen molar-refractivity contribution in [2.75, 3.05) is 19.0 Å². The van der Waals surface area contributed by atoms with Gasteiger partial charge in [-0.15, -0.1) is 11.3 Å². The van der Waals surface area contributed by atoms with Crippen molar-refractivity contribution in [3.8, 4) is 0 Å². The molecule has 31 heavy (non-hydrogen) atoms. The molecule has 162 valence electrons. The average Bonchev–Trinajstić information content (AvgIpc) is 3.28. The SMILES string of the molecule is COC(=O)c1sccc1NC(=O)COC(=O)[C@H](C)N1C(=O)c2cc(Cl)c(Cl)cc2C1=O. The first kappa shape index (κ1) is 22.7. The number of imide groups is 1. The zero-order chi connectivity index (χ0) is 22.9. The number of fused-ring (bicyclic) bond motifs is 1. The highest BCUT2D eigenvalue weighted by atomic mass is 35.5. The normalized spacial score (nSPS) is 13.6. The summed E-state index contributed by atoms with van der Waals surface area (Å²) in [5.41, 5.74) is 0.245. The number of esters is 2. The minimum atomic E-state index is -1.30. The molecular formula is C19H14Cl2N2O7S. The van der Waals surface area contributed by atoms with Gasteiger partial charge in [-0.3, -0.25) is 19.3 Å². The number of amides is 3. The second-order valence-electron chi connectivity index (χ2n) is 6.28. The van der Waals surface area contributed by atoms with Crippen LogP contribution < -0.4 is 5.32 Å². The number of anilines is 1. The molecule has 1 N–H and O–H groups in total. The summed E-state index contributed by atoms with van der Waals surface area (Å²) in [6, 6.07) is 2.70. The van der Waals surface area contributed by atoms with Gasteiger partial charge in [-0.1, -0.05) is 23.2 Å². The fraction of sp³-hybridized carbons (Fsp3) is 0.211. The van der Waals surface area contributed by atoms with Crippen LogP contribution in [0.3, 0.4) is 0 Å². The molecule has 2 heterocycles. The summed E-state index contributed by atoms with van der Waals surface area (Å²) in [7, 11) is 1.21. The van der Waals surface area contributed by atoms with E-state index in [1.165, 1.54) is 32.2 Å². The monoisotopic (exact) mass is 484 g/mol. The molecule has 1 aliphatic heterocycles. The molecule has 0 bridgehead atoms. The topological polar surface area (TPSA) is 119 Å². The first-order valence-corrected chi connectivity index (χ1v) is 10.3. The molecule has 2 aromatic rings. The van der Waals surface area contributed by atoms with Gasteiger partial charge in [0.15, 0.2) is 6.61 Å². The predicted molar refractivity (Wildman–Crippen MR) is 112 cm³/mol. The molecule has 3 amide bonds. The van der Waals surface area contributed by atoms with E-state index in [-0.39, 0.29) is 31.7 Å². The Bertz CT molecular complexity index is 1070. The van der Waals surface area contributed by atoms with Gasteiger partial charge in [0.2, 0.25) is 0 Å². The van der Waals surface area contributed by atoms with Crippen molar-refractivity contribution in [1.82, 2.24) is 4.90 Å². The number of carbonyl (C=O) groups excluding carboxylic acids is 5. The number of hydrogen-bond acceptors (Lipinski definition) is 8. The molecule has 12 heteroatoms. The van der Waals surface area contributed by atoms with Crippen LogP contribution in [0.1, 0.15) is 37.3 Å². The summed E-state index contributed by atoms with van der Waals surface area (Å²) in [4.78, 5) is 62.1. The third-order valence-electron chi connectivity index (χ3n) is 4.34. The van der Waals surface area contributed by atoms with Crippen LogP contribution in [-0.2, 0) is 19.1 Å². The number of carbonyl (C=O) groups is 5. The zero-order valence-corrected chi connectivity index (χ0v) is 18.4. The molecule has 1 aliphatic rings. The highest BCUT2D eigenvalue weighted by molar-refractivity contribution is 7.12. The molecule has 1 atom stereocenters. The van der Waals surface area contributed by atoms with E-state index in [0.717, 1.165) is 11.3 Å². The molecule has 0 saturated carbocycles. The van der Waals surface area contributed by atoms with E-state index in [1.54, 1.807) is 5.38 Å². The summed E-state index contributed by atoms with van der Waals surface area (Å²) in [5.74, 6) is -3.77. The van der Waals surface area contributed by atoms with E-state index in [9.17, 15) is 24.0 Å². The number of nitrogens with one attached hydrogen (secondary N) is 1. The van der Waals surface area contributed by atoms with Gasteiger partial charge in [0.1, 0.15) is 10.9 Å². The van der Waals surface area contributed by atoms with E-state index in [2.05, 4.69) is 10.1 Å². The van der Waals surface area contributed by atoms with Crippen molar-refractivity contribution in [3.63, 3.8) is 0 Å². The molecule has 0 aliphatic carbocycles. The van der Waals surface area contributed by atoms with E-state index in [1.807, 2.05) is 0 Å². The van der Waals surface area contributed by atoms with Crippen LogP contribution >= 0.6 is 34.5 Å². The lowest BCUT2D eigenvalue weighted by Crippen LogP contribution is -2.44. The van der Waals surface area contributed by atoms with Crippen LogP contribution in [0.5, 0.6) is 0 Å². The number of halogens is 2. The molecule has 0 saturated heterocycles. The van der Waals surface area contributed by atoms with Crippen LogP contribution in [-0.4, -0.2) is 54.3 Å². The van der Waals surface area contributed by atoms with Gasteiger partial charge in [-0.2, -0.15) is 0 Å². The lowest BCUT2D eigenvalue weighted by molar-refractivity contribution is -0.150. The Labute approximate surface area is 189 Å². The number of thiophene rings is 1. The van der Waals surface area contributed by atoms with Gasteiger partial charge in [0.25, 0.3) is 17.7 Å². The smallest absolute Gasteiger partial charge is 0.350 e. The first-order valence-electron chi connectivity index (χ1n) is 8.65. The second kappa shape index (κ2) is 9.04. The Morgan fingerprint density at radius 1 is 1.13 bits per heavy atom. The molecule has 3 rings (SSSR count). The molecule has 0 fully saturated rings. The highest BCUT2D eigenvalue weighted by Gasteiger charge is 2.42. The second-order valence-corrected chi connectivity index (χ2v) is 8.01. The van der Waals surface area contributed by atoms with Crippen molar-refractivity contribution in [1.29, 1.82) is 0 Å². The third-order valence-corrected chi connectivity index (χ3v) is 5.96.